The second-order valence-corrected chi connectivity index (χ2v) is 9.54. The van der Waals surface area contributed by atoms with Crippen LogP contribution in [0.3, 0.4) is 0 Å². The Morgan fingerprint density at radius 1 is 1.11 bits per heavy atom. The summed E-state index contributed by atoms with van der Waals surface area (Å²) in [5, 5.41) is 4.33. The topological polar surface area (TPSA) is 63.4 Å². The lowest BCUT2D eigenvalue weighted by molar-refractivity contribution is 0.144. The molecule has 7 nitrogen and oxygen atoms in total. The van der Waals surface area contributed by atoms with E-state index in [2.05, 4.69) is 23.8 Å². The SMILES string of the molecule is CC[C@@H](C)c1ccc(S(=O)(=O)N2CCN(Cn3ncn(CC)c3=S)CC2)cc1. The lowest BCUT2D eigenvalue weighted by Gasteiger charge is -2.33. The number of benzene rings is 1. The molecule has 1 fully saturated rings. The van der Waals surface area contributed by atoms with Gasteiger partial charge >= 0.3 is 0 Å². The standard InChI is InChI=1S/C19H29N5O2S2/c1-4-16(3)17-6-8-18(9-7-17)28(25,26)23-12-10-21(11-13-23)15-24-19(27)22(5-2)14-20-24/h6-9,14,16H,4-5,10-13,15H2,1-3H3/t16-/m1/s1. The molecule has 1 saturated heterocycles. The third-order valence-electron chi connectivity index (χ3n) is 5.50. The van der Waals surface area contributed by atoms with Crippen molar-refractivity contribution in [1.29, 1.82) is 0 Å². The Bertz CT molecular complexity index is 941. The number of aromatic nitrogens is 3. The van der Waals surface area contributed by atoms with Crippen LogP contribution >= 0.6 is 12.2 Å². The van der Waals surface area contributed by atoms with Gasteiger partial charge in [-0.05, 0) is 49.2 Å². The van der Waals surface area contributed by atoms with E-state index in [-0.39, 0.29) is 0 Å². The molecule has 154 valence electrons. The summed E-state index contributed by atoms with van der Waals surface area (Å²) in [5.74, 6) is 0.434. The van der Waals surface area contributed by atoms with Gasteiger partial charge in [0.05, 0.1) is 11.6 Å². The lowest BCUT2D eigenvalue weighted by atomic mass is 9.99. The van der Waals surface area contributed by atoms with E-state index in [1.807, 2.05) is 23.6 Å². The van der Waals surface area contributed by atoms with Crippen molar-refractivity contribution in [2.75, 3.05) is 26.2 Å². The van der Waals surface area contributed by atoms with Crippen LogP contribution < -0.4 is 0 Å². The predicted molar refractivity (Wildman–Crippen MR) is 112 cm³/mol. The maximum Gasteiger partial charge on any atom is 0.243 e. The van der Waals surface area contributed by atoms with Gasteiger partial charge in [0.25, 0.3) is 0 Å². The third-order valence-corrected chi connectivity index (χ3v) is 7.86. The van der Waals surface area contributed by atoms with Crippen molar-refractivity contribution in [3.8, 4) is 0 Å². The first-order valence-corrected chi connectivity index (χ1v) is 11.7. The summed E-state index contributed by atoms with van der Waals surface area (Å²) in [6.45, 7) is 9.95. The Kier molecular flexibility index (Phi) is 6.69. The summed E-state index contributed by atoms with van der Waals surface area (Å²) < 4.78 is 31.9. The number of aryl methyl sites for hydroxylation is 1. The fourth-order valence-corrected chi connectivity index (χ4v) is 5.04. The van der Waals surface area contributed by atoms with E-state index in [4.69, 9.17) is 12.2 Å². The molecule has 0 bridgehead atoms. The van der Waals surface area contributed by atoms with Crippen LogP contribution in [0.25, 0.3) is 0 Å². The van der Waals surface area contributed by atoms with Crippen molar-refractivity contribution < 1.29 is 8.42 Å². The molecule has 2 aromatic rings. The summed E-state index contributed by atoms with van der Waals surface area (Å²) in [7, 11) is -3.46. The molecule has 0 spiro atoms. The van der Waals surface area contributed by atoms with Crippen LogP contribution in [-0.4, -0.2) is 58.1 Å². The number of sulfonamides is 1. The Morgan fingerprint density at radius 2 is 1.75 bits per heavy atom. The quantitative estimate of drug-likeness (QED) is 0.641. The molecule has 9 heteroatoms. The highest BCUT2D eigenvalue weighted by Crippen LogP contribution is 2.23. The molecular formula is C19H29N5O2S2. The minimum atomic E-state index is -3.46. The van der Waals surface area contributed by atoms with E-state index in [1.165, 1.54) is 5.56 Å². The smallest absolute Gasteiger partial charge is 0.243 e. The Labute approximate surface area is 172 Å². The van der Waals surface area contributed by atoms with Gasteiger partial charge in [0, 0.05) is 32.7 Å². The first-order chi connectivity index (χ1) is 13.4. The van der Waals surface area contributed by atoms with Gasteiger partial charge in [-0.3, -0.25) is 4.90 Å². The zero-order chi connectivity index (χ0) is 20.3. The Morgan fingerprint density at radius 3 is 2.29 bits per heavy atom. The zero-order valence-corrected chi connectivity index (χ0v) is 18.4. The number of nitrogens with zero attached hydrogens (tertiary/aromatic N) is 5. The zero-order valence-electron chi connectivity index (χ0n) is 16.8. The second kappa shape index (κ2) is 8.86. The highest BCUT2D eigenvalue weighted by Gasteiger charge is 2.28. The van der Waals surface area contributed by atoms with Gasteiger partial charge in [-0.2, -0.15) is 9.40 Å². The van der Waals surface area contributed by atoms with Crippen molar-refractivity contribution in [2.24, 2.45) is 0 Å². The predicted octanol–water partition coefficient (Wildman–Crippen LogP) is 2.91. The van der Waals surface area contributed by atoms with Crippen molar-refractivity contribution in [3.05, 3.63) is 40.9 Å². The van der Waals surface area contributed by atoms with Crippen molar-refractivity contribution in [3.63, 3.8) is 0 Å². The monoisotopic (exact) mass is 423 g/mol. The van der Waals surface area contributed by atoms with Crippen LogP contribution in [0.2, 0.25) is 0 Å². The molecule has 1 aromatic heterocycles. The van der Waals surface area contributed by atoms with E-state index in [9.17, 15) is 8.42 Å². The van der Waals surface area contributed by atoms with Gasteiger partial charge < -0.3 is 4.57 Å². The maximum atomic E-state index is 13.0. The van der Waals surface area contributed by atoms with E-state index < -0.39 is 10.0 Å². The molecule has 2 heterocycles. The summed E-state index contributed by atoms with van der Waals surface area (Å²) in [6, 6.07) is 7.34. The summed E-state index contributed by atoms with van der Waals surface area (Å²) >= 11 is 5.41. The molecule has 3 rings (SSSR count). The van der Waals surface area contributed by atoms with E-state index in [1.54, 1.807) is 27.4 Å². The molecule has 1 atom stereocenters. The van der Waals surface area contributed by atoms with Gasteiger partial charge in [0.15, 0.2) is 4.77 Å². The number of piperazine rings is 1. The van der Waals surface area contributed by atoms with Crippen LogP contribution in [0, 0.1) is 4.77 Å². The van der Waals surface area contributed by atoms with Crippen LogP contribution in [0.5, 0.6) is 0 Å². The van der Waals surface area contributed by atoms with Gasteiger partial charge in [-0.15, -0.1) is 0 Å². The van der Waals surface area contributed by atoms with Crippen molar-refractivity contribution >= 4 is 22.2 Å². The fraction of sp³-hybridized carbons (Fsp3) is 0.579. The number of hydrogen-bond donors (Lipinski definition) is 0. The average molecular weight is 424 g/mol. The van der Waals surface area contributed by atoms with Gasteiger partial charge in [0.2, 0.25) is 10.0 Å². The highest BCUT2D eigenvalue weighted by molar-refractivity contribution is 7.89. The molecule has 0 saturated carbocycles. The number of hydrogen-bond acceptors (Lipinski definition) is 5. The summed E-state index contributed by atoms with van der Waals surface area (Å²) in [5.41, 5.74) is 1.18. The normalized spacial score (nSPS) is 17.7. The first kappa shape index (κ1) is 21.2. The van der Waals surface area contributed by atoms with E-state index in [0.29, 0.717) is 48.4 Å². The van der Waals surface area contributed by atoms with Crippen LogP contribution in [0.15, 0.2) is 35.5 Å². The Balaban J connectivity index is 1.63. The minimum Gasteiger partial charge on any atom is -0.307 e. The summed E-state index contributed by atoms with van der Waals surface area (Å²) in [4.78, 5) is 2.55. The molecule has 28 heavy (non-hydrogen) atoms. The molecule has 1 aliphatic heterocycles. The molecule has 0 amide bonds. The summed E-state index contributed by atoms with van der Waals surface area (Å²) in [6.07, 6.45) is 2.78. The molecule has 1 aromatic carbocycles. The van der Waals surface area contributed by atoms with Gasteiger partial charge in [-0.25, -0.2) is 13.1 Å². The van der Waals surface area contributed by atoms with Crippen molar-refractivity contribution in [1.82, 2.24) is 23.6 Å². The van der Waals surface area contributed by atoms with E-state index in [0.717, 1.165) is 13.0 Å². The van der Waals surface area contributed by atoms with E-state index >= 15 is 0 Å². The third kappa shape index (κ3) is 4.37. The molecular weight excluding hydrogens is 394 g/mol. The van der Waals surface area contributed by atoms with Crippen molar-refractivity contribution in [2.45, 2.75) is 51.2 Å². The van der Waals surface area contributed by atoms with Gasteiger partial charge in [-0.1, -0.05) is 26.0 Å². The van der Waals surface area contributed by atoms with Crippen LogP contribution in [0.4, 0.5) is 0 Å². The Hall–Kier alpha value is -1.55. The maximum absolute atomic E-state index is 13.0. The van der Waals surface area contributed by atoms with Crippen LogP contribution in [-0.2, 0) is 23.2 Å². The van der Waals surface area contributed by atoms with Gasteiger partial charge in [0.1, 0.15) is 6.33 Å². The first-order valence-electron chi connectivity index (χ1n) is 9.81. The molecule has 0 radical (unpaired) electrons. The molecule has 0 aliphatic carbocycles. The average Bonchev–Trinajstić information content (AvgIpc) is 3.07. The number of rotatable bonds is 7. The minimum absolute atomic E-state index is 0.372. The fourth-order valence-electron chi connectivity index (χ4n) is 3.34. The second-order valence-electron chi connectivity index (χ2n) is 7.24. The highest BCUT2D eigenvalue weighted by atomic mass is 32.2. The molecule has 0 unspecified atom stereocenters. The largest absolute Gasteiger partial charge is 0.307 e. The lowest BCUT2D eigenvalue weighted by Crippen LogP contribution is -2.48. The van der Waals surface area contributed by atoms with Crippen LogP contribution in [0.1, 0.15) is 38.7 Å². The molecule has 1 aliphatic rings. The molecule has 0 N–H and O–H groups in total.